The first kappa shape index (κ1) is 45.3. The van der Waals surface area contributed by atoms with Gasteiger partial charge in [-0.05, 0) is 98.1 Å². The molecule has 0 unspecified atom stereocenters. The molecule has 0 aliphatic rings. The molecule has 0 bridgehead atoms. The number of thiophene rings is 1. The van der Waals surface area contributed by atoms with E-state index in [0.717, 1.165) is 54.3 Å². The van der Waals surface area contributed by atoms with Crippen molar-refractivity contribution in [1.82, 2.24) is 4.98 Å². The van der Waals surface area contributed by atoms with Gasteiger partial charge in [-0.15, -0.1) is 40.5 Å². The third-order valence-corrected chi connectivity index (χ3v) is 12.6. The molecule has 1 radical (unpaired) electrons. The summed E-state index contributed by atoms with van der Waals surface area (Å²) in [5, 5.41) is 12.6. The van der Waals surface area contributed by atoms with Crippen LogP contribution >= 0.6 is 11.3 Å². The van der Waals surface area contributed by atoms with Crippen molar-refractivity contribution in [3.8, 4) is 22.4 Å². The maximum absolute atomic E-state index is 12.2. The van der Waals surface area contributed by atoms with Crippen molar-refractivity contribution < 1.29 is 30.0 Å². The zero-order chi connectivity index (χ0) is 39.5. The van der Waals surface area contributed by atoms with Crippen LogP contribution in [0.15, 0.2) is 66.4 Å². The Kier molecular flexibility index (Phi) is 15.3. The fraction of sp³-hybridized carbons (Fsp3) is 0.469. The Hall–Kier alpha value is -3.11. The molecule has 0 atom stereocenters. The molecule has 5 aromatic rings. The monoisotopic (exact) mass is 923 g/mol. The van der Waals surface area contributed by atoms with Crippen molar-refractivity contribution in [2.45, 2.75) is 134 Å². The summed E-state index contributed by atoms with van der Waals surface area (Å²) in [6.45, 7) is 30.2. The van der Waals surface area contributed by atoms with E-state index in [1.165, 1.54) is 54.4 Å². The van der Waals surface area contributed by atoms with Crippen LogP contribution in [-0.4, -0.2) is 15.9 Å². The number of carbonyl (C=O) groups is 1. The van der Waals surface area contributed by atoms with Gasteiger partial charge in [-0.3, -0.25) is 9.78 Å². The number of aryl methyl sites for hydroxylation is 3. The van der Waals surface area contributed by atoms with Gasteiger partial charge >= 0.3 is 0 Å². The number of hydrogen-bond donors (Lipinski definition) is 1. The number of aromatic nitrogens is 1. The predicted octanol–water partition coefficient (Wildman–Crippen LogP) is 14.7. The summed E-state index contributed by atoms with van der Waals surface area (Å²) < 4.78 is 1.27. The number of rotatable bonds is 11. The molecular formula is C49H64IrNO2S-. The first-order valence-electron chi connectivity index (χ1n) is 19.7. The van der Waals surface area contributed by atoms with E-state index in [0.29, 0.717) is 5.92 Å². The molecule has 3 nitrogen and oxygen atoms in total. The zero-order valence-corrected chi connectivity index (χ0v) is 38.6. The maximum atomic E-state index is 12.2. The fourth-order valence-electron chi connectivity index (χ4n) is 7.20. The van der Waals surface area contributed by atoms with Crippen LogP contribution in [0, 0.1) is 43.6 Å². The molecule has 293 valence electrons. The molecular weight excluding hydrogens is 859 g/mol. The van der Waals surface area contributed by atoms with Gasteiger partial charge in [0.2, 0.25) is 0 Å². The summed E-state index contributed by atoms with van der Waals surface area (Å²) in [5.41, 5.74) is 10.6. The summed E-state index contributed by atoms with van der Waals surface area (Å²) in [7, 11) is 0. The van der Waals surface area contributed by atoms with E-state index in [-0.39, 0.29) is 47.9 Å². The van der Waals surface area contributed by atoms with Crippen molar-refractivity contribution in [3.05, 3.63) is 99.6 Å². The molecule has 0 aliphatic carbocycles. The van der Waals surface area contributed by atoms with Crippen LogP contribution in [-0.2, 0) is 36.7 Å². The molecule has 0 fully saturated rings. The van der Waals surface area contributed by atoms with Gasteiger partial charge in [-0.2, -0.15) is 0 Å². The average molecular weight is 923 g/mol. The summed E-state index contributed by atoms with van der Waals surface area (Å²) in [6, 6.07) is 23.9. The summed E-state index contributed by atoms with van der Waals surface area (Å²) in [5.74, 6) is 0.933. The van der Waals surface area contributed by atoms with Gasteiger partial charge in [0, 0.05) is 47.6 Å². The number of allylic oxidation sites excluding steroid dienone is 2. The quantitative estimate of drug-likeness (QED) is 0.0816. The molecule has 2 heterocycles. The molecule has 0 saturated carbocycles. The predicted molar refractivity (Wildman–Crippen MR) is 231 cm³/mol. The van der Waals surface area contributed by atoms with E-state index in [1.807, 2.05) is 52.9 Å². The third kappa shape index (κ3) is 10.00. The Morgan fingerprint density at radius 3 is 1.96 bits per heavy atom. The Morgan fingerprint density at radius 2 is 1.43 bits per heavy atom. The number of carbonyl (C=O) groups excluding carboxylic acids is 1. The molecule has 54 heavy (non-hydrogen) atoms. The number of ketones is 1. The molecule has 1 N–H and O–H groups in total. The third-order valence-electron chi connectivity index (χ3n) is 11.6. The minimum absolute atomic E-state index is 0. The summed E-state index contributed by atoms with van der Waals surface area (Å²) >= 11 is 1.85. The topological polar surface area (TPSA) is 50.2 Å². The number of hydrogen-bond acceptors (Lipinski definition) is 4. The van der Waals surface area contributed by atoms with Crippen LogP contribution in [0.4, 0.5) is 0 Å². The smallest absolute Gasteiger partial charge is 0.164 e. The molecule has 0 saturated heterocycles. The van der Waals surface area contributed by atoms with Gasteiger partial charge in [0.1, 0.15) is 5.76 Å². The maximum Gasteiger partial charge on any atom is 0.164 e. The Bertz CT molecular complexity index is 2080. The van der Waals surface area contributed by atoms with E-state index >= 15 is 0 Å². The van der Waals surface area contributed by atoms with Crippen LogP contribution in [0.2, 0.25) is 0 Å². The van der Waals surface area contributed by atoms with Gasteiger partial charge < -0.3 is 5.11 Å². The van der Waals surface area contributed by atoms with Gasteiger partial charge in [-0.25, -0.2) is 0 Å². The van der Waals surface area contributed by atoms with Crippen LogP contribution in [0.5, 0.6) is 0 Å². The molecule has 0 spiro atoms. The largest absolute Gasteiger partial charge is 0.512 e. The average Bonchev–Trinajstić information content (AvgIpc) is 3.49. The van der Waals surface area contributed by atoms with Crippen LogP contribution < -0.4 is 0 Å². The first-order valence-corrected chi connectivity index (χ1v) is 20.6. The van der Waals surface area contributed by atoms with Gasteiger partial charge in [0.05, 0.1) is 10.2 Å². The molecule has 5 heteroatoms. The Labute approximate surface area is 344 Å². The number of aliphatic hydroxyl groups excluding tert-OH is 1. The van der Waals surface area contributed by atoms with E-state index in [2.05, 4.69) is 116 Å². The molecule has 0 amide bonds. The standard InChI is InChI=1S/C34H36NS.C15H28O2.Ir/c1-20(2)13-24-14-21(3)32(22(4)15-24)28-19-30(35-31-16-23(5)36-33(28)31)26-17-25-11-9-10-12-27(25)29(18-26)34(6,7)8;1-7-14(5,8-2)12(16)11-13(17)15(6,9-3)10-4;/h9-12,14-16,18-20H,13H2,1-8H3;11,16H,7-10H2,1-6H3;/q-1;;/b;12-11-;. The van der Waals surface area contributed by atoms with Crippen molar-refractivity contribution in [3.63, 3.8) is 0 Å². The summed E-state index contributed by atoms with van der Waals surface area (Å²) in [6.07, 6.45) is 5.86. The first-order chi connectivity index (χ1) is 24.8. The SMILES string of the molecule is CCC(C)(CC)C(=O)/C=C(\O)C(C)(CC)CC.Cc1cc2nc(-c3[c-]c4ccccc4c(C(C)(C)C)c3)cc(-c3c(C)cc(CC(C)C)cc3C)c2s1.[Ir]. The second kappa shape index (κ2) is 18.2. The second-order valence-electron chi connectivity index (χ2n) is 17.2. The van der Waals surface area contributed by atoms with Crippen molar-refractivity contribution in [2.24, 2.45) is 16.7 Å². The number of pyridine rings is 1. The minimum atomic E-state index is -0.337. The molecule has 2 aromatic heterocycles. The van der Waals surface area contributed by atoms with Gasteiger partial charge in [-0.1, -0.05) is 124 Å². The number of fused-ring (bicyclic) bond motifs is 2. The number of nitrogens with zero attached hydrogens (tertiary/aromatic N) is 1. The molecule has 5 rings (SSSR count). The Balaban J connectivity index is 0.000000372. The van der Waals surface area contributed by atoms with Crippen LogP contribution in [0.25, 0.3) is 43.4 Å². The van der Waals surface area contributed by atoms with Gasteiger partial charge in [0.15, 0.2) is 5.78 Å². The van der Waals surface area contributed by atoms with Crippen LogP contribution in [0.3, 0.4) is 0 Å². The zero-order valence-electron chi connectivity index (χ0n) is 35.4. The fourth-order valence-corrected chi connectivity index (χ4v) is 8.18. The van der Waals surface area contributed by atoms with E-state index < -0.39 is 0 Å². The molecule has 3 aromatic carbocycles. The number of benzene rings is 3. The van der Waals surface area contributed by atoms with Crippen molar-refractivity contribution in [2.75, 3.05) is 0 Å². The number of aliphatic hydroxyl groups is 1. The van der Waals surface area contributed by atoms with E-state index in [4.69, 9.17) is 4.98 Å². The summed E-state index contributed by atoms with van der Waals surface area (Å²) in [4.78, 5) is 18.6. The van der Waals surface area contributed by atoms with E-state index in [1.54, 1.807) is 0 Å². The van der Waals surface area contributed by atoms with Crippen molar-refractivity contribution in [1.29, 1.82) is 0 Å². The van der Waals surface area contributed by atoms with Gasteiger partial charge in [0.25, 0.3) is 0 Å². The second-order valence-corrected chi connectivity index (χ2v) is 18.4. The molecule has 0 aliphatic heterocycles. The van der Waals surface area contributed by atoms with E-state index in [9.17, 15) is 9.90 Å². The minimum Gasteiger partial charge on any atom is -0.512 e. The van der Waals surface area contributed by atoms with Crippen LogP contribution in [0.1, 0.15) is 129 Å². The van der Waals surface area contributed by atoms with Crippen molar-refractivity contribution >= 4 is 38.1 Å². The normalized spacial score (nSPS) is 12.5. The Morgan fingerprint density at radius 1 is 0.852 bits per heavy atom.